The second-order valence-corrected chi connectivity index (χ2v) is 8.45. The summed E-state index contributed by atoms with van der Waals surface area (Å²) >= 11 is 0. The molecule has 31 heavy (non-hydrogen) atoms. The third kappa shape index (κ3) is 3.32. The minimum Gasteiger partial charge on any atom is -0.454 e. The van der Waals surface area contributed by atoms with Gasteiger partial charge in [-0.2, -0.15) is 0 Å². The highest BCUT2D eigenvalue weighted by Gasteiger charge is 2.56. The van der Waals surface area contributed by atoms with Gasteiger partial charge in [-0.05, 0) is 66.8 Å². The van der Waals surface area contributed by atoms with Crippen LogP contribution in [0.3, 0.4) is 0 Å². The van der Waals surface area contributed by atoms with E-state index in [9.17, 15) is 9.59 Å². The number of ether oxygens (including phenoxy) is 2. The molecule has 156 valence electrons. The maximum atomic E-state index is 12.9. The lowest BCUT2D eigenvalue weighted by Gasteiger charge is -2.33. The number of aryl methyl sites for hydroxylation is 2. The van der Waals surface area contributed by atoms with Crippen LogP contribution in [-0.2, 0) is 9.47 Å². The molecule has 2 aliphatic rings. The zero-order valence-electron chi connectivity index (χ0n) is 17.6. The molecule has 0 N–H and O–H groups in total. The van der Waals surface area contributed by atoms with E-state index in [4.69, 9.17) is 9.47 Å². The predicted octanol–water partition coefficient (Wildman–Crippen LogP) is 5.34. The zero-order chi connectivity index (χ0) is 21.5. The minimum absolute atomic E-state index is 0.0288. The van der Waals surface area contributed by atoms with Gasteiger partial charge in [-0.25, -0.2) is 9.59 Å². The van der Waals surface area contributed by atoms with E-state index in [-0.39, 0.29) is 23.8 Å². The molecule has 0 radical (unpaired) electrons. The first kappa shape index (κ1) is 19.6. The normalized spacial score (nSPS) is 23.3. The van der Waals surface area contributed by atoms with Gasteiger partial charge in [0, 0.05) is 11.8 Å². The van der Waals surface area contributed by atoms with Crippen LogP contribution in [0.15, 0.2) is 72.8 Å². The van der Waals surface area contributed by atoms with E-state index in [1.165, 1.54) is 22.3 Å². The van der Waals surface area contributed by atoms with Crippen LogP contribution >= 0.6 is 0 Å². The van der Waals surface area contributed by atoms with Crippen LogP contribution in [0.4, 0.5) is 0 Å². The van der Waals surface area contributed by atoms with Crippen molar-refractivity contribution < 1.29 is 19.1 Å². The number of carbonyl (C=O) groups is 2. The summed E-state index contributed by atoms with van der Waals surface area (Å²) in [5.74, 6) is -0.709. The van der Waals surface area contributed by atoms with Crippen LogP contribution in [0.2, 0.25) is 0 Å². The van der Waals surface area contributed by atoms with Crippen molar-refractivity contribution in [2.75, 3.05) is 0 Å². The zero-order valence-corrected chi connectivity index (χ0v) is 17.6. The monoisotopic (exact) mass is 412 g/mol. The molecule has 2 bridgehead atoms. The SMILES string of the molecule is Cc1ccc(C)c2c1C1CC2C(OC(=O)c2ccccc2)C1OC(=O)c1ccccc1. The van der Waals surface area contributed by atoms with Crippen LogP contribution < -0.4 is 0 Å². The molecular weight excluding hydrogens is 388 g/mol. The molecule has 0 saturated heterocycles. The van der Waals surface area contributed by atoms with Crippen molar-refractivity contribution in [1.29, 1.82) is 0 Å². The molecule has 3 aromatic rings. The van der Waals surface area contributed by atoms with Crippen molar-refractivity contribution in [2.45, 2.75) is 44.3 Å². The van der Waals surface area contributed by atoms with Gasteiger partial charge in [0.2, 0.25) is 0 Å². The van der Waals surface area contributed by atoms with Gasteiger partial charge in [-0.1, -0.05) is 48.5 Å². The summed E-state index contributed by atoms with van der Waals surface area (Å²) in [5, 5.41) is 0. The number of carbonyl (C=O) groups excluding carboxylic acids is 2. The largest absolute Gasteiger partial charge is 0.454 e. The van der Waals surface area contributed by atoms with Gasteiger partial charge < -0.3 is 9.47 Å². The van der Waals surface area contributed by atoms with Crippen LogP contribution in [0.25, 0.3) is 0 Å². The predicted molar refractivity (Wildman–Crippen MR) is 117 cm³/mol. The molecular formula is C27H24O4. The van der Waals surface area contributed by atoms with Crippen molar-refractivity contribution in [3.05, 3.63) is 106 Å². The van der Waals surface area contributed by atoms with E-state index >= 15 is 0 Å². The van der Waals surface area contributed by atoms with Gasteiger partial charge in [0.25, 0.3) is 0 Å². The van der Waals surface area contributed by atoms with Gasteiger partial charge in [0.1, 0.15) is 12.2 Å². The van der Waals surface area contributed by atoms with Gasteiger partial charge >= 0.3 is 11.9 Å². The average Bonchev–Trinajstić information content (AvgIpc) is 3.35. The fourth-order valence-electron chi connectivity index (χ4n) is 5.23. The lowest BCUT2D eigenvalue weighted by molar-refractivity contribution is -0.0349. The Kier molecular flexibility index (Phi) is 4.85. The lowest BCUT2D eigenvalue weighted by Crippen LogP contribution is -2.39. The van der Waals surface area contributed by atoms with Gasteiger partial charge in [-0.15, -0.1) is 0 Å². The second-order valence-electron chi connectivity index (χ2n) is 8.45. The van der Waals surface area contributed by atoms with E-state index in [1.54, 1.807) is 24.3 Å². The second kappa shape index (κ2) is 7.69. The van der Waals surface area contributed by atoms with Crippen LogP contribution in [0.1, 0.15) is 61.2 Å². The molecule has 0 heterocycles. The Morgan fingerprint density at radius 2 is 1.03 bits per heavy atom. The fraction of sp³-hybridized carbons (Fsp3) is 0.259. The molecule has 0 spiro atoms. The van der Waals surface area contributed by atoms with E-state index < -0.39 is 12.2 Å². The Balaban J connectivity index is 1.50. The third-order valence-corrected chi connectivity index (χ3v) is 6.59. The molecule has 2 aliphatic carbocycles. The summed E-state index contributed by atoms with van der Waals surface area (Å²) in [4.78, 5) is 25.8. The van der Waals surface area contributed by atoms with Crippen LogP contribution in [-0.4, -0.2) is 24.1 Å². The fourth-order valence-corrected chi connectivity index (χ4v) is 5.23. The molecule has 3 aromatic carbocycles. The maximum absolute atomic E-state index is 12.9. The third-order valence-electron chi connectivity index (χ3n) is 6.59. The molecule has 0 aliphatic heterocycles. The van der Waals surface area contributed by atoms with Crippen molar-refractivity contribution in [2.24, 2.45) is 0 Å². The summed E-state index contributed by atoms with van der Waals surface area (Å²) in [6.45, 7) is 4.19. The van der Waals surface area contributed by atoms with E-state index in [0.717, 1.165) is 6.42 Å². The highest BCUT2D eigenvalue weighted by atomic mass is 16.6. The van der Waals surface area contributed by atoms with Crippen LogP contribution in [0.5, 0.6) is 0 Å². The first-order chi connectivity index (χ1) is 15.0. The summed E-state index contributed by atoms with van der Waals surface area (Å²) in [6.07, 6.45) is -0.183. The number of esters is 2. The molecule has 1 saturated carbocycles. The van der Waals surface area contributed by atoms with Gasteiger partial charge in [0.15, 0.2) is 0 Å². The summed E-state index contributed by atoms with van der Waals surface area (Å²) < 4.78 is 12.0. The lowest BCUT2D eigenvalue weighted by atomic mass is 9.82. The Bertz CT molecular complexity index is 1050. The number of hydrogen-bond acceptors (Lipinski definition) is 4. The molecule has 0 aromatic heterocycles. The molecule has 4 unspecified atom stereocenters. The summed E-state index contributed by atoms with van der Waals surface area (Å²) in [6, 6.07) is 22.2. The number of fused-ring (bicyclic) bond motifs is 5. The van der Waals surface area contributed by atoms with Gasteiger partial charge in [-0.3, -0.25) is 0 Å². The maximum Gasteiger partial charge on any atom is 0.338 e. The Morgan fingerprint density at radius 1 is 0.645 bits per heavy atom. The Labute approximate surface area is 181 Å². The highest BCUT2D eigenvalue weighted by molar-refractivity contribution is 5.90. The van der Waals surface area contributed by atoms with Crippen molar-refractivity contribution in [3.8, 4) is 0 Å². The minimum atomic E-state index is -0.502. The van der Waals surface area contributed by atoms with E-state index in [2.05, 4.69) is 26.0 Å². The highest BCUT2D eigenvalue weighted by Crippen LogP contribution is 2.57. The average molecular weight is 412 g/mol. The summed E-state index contributed by atoms with van der Waals surface area (Å²) in [5.41, 5.74) is 5.90. The standard InChI is InChI=1S/C27H24O4/c1-16-13-14-17(2)23-21-15-20(22(16)23)24(30-26(28)18-9-5-3-6-10-18)25(21)31-27(29)19-11-7-4-8-12-19/h3-14,20-21,24-25H,15H2,1-2H3. The first-order valence-electron chi connectivity index (χ1n) is 10.7. The van der Waals surface area contributed by atoms with Crippen molar-refractivity contribution in [1.82, 2.24) is 0 Å². The first-order valence-corrected chi connectivity index (χ1v) is 10.7. The molecule has 4 heteroatoms. The number of rotatable bonds is 4. The van der Waals surface area contributed by atoms with E-state index in [1.807, 2.05) is 36.4 Å². The summed E-state index contributed by atoms with van der Waals surface area (Å²) in [7, 11) is 0. The molecule has 4 nitrogen and oxygen atoms in total. The van der Waals surface area contributed by atoms with Crippen molar-refractivity contribution in [3.63, 3.8) is 0 Å². The Morgan fingerprint density at radius 3 is 1.42 bits per heavy atom. The Hall–Kier alpha value is -3.40. The molecule has 0 amide bonds. The van der Waals surface area contributed by atoms with Crippen LogP contribution in [0, 0.1) is 13.8 Å². The smallest absolute Gasteiger partial charge is 0.338 e. The van der Waals surface area contributed by atoms with E-state index in [0.29, 0.717) is 11.1 Å². The van der Waals surface area contributed by atoms with Gasteiger partial charge in [0.05, 0.1) is 11.1 Å². The quantitative estimate of drug-likeness (QED) is 0.543. The number of hydrogen-bond donors (Lipinski definition) is 0. The van der Waals surface area contributed by atoms with Crippen molar-refractivity contribution >= 4 is 11.9 Å². The number of benzene rings is 3. The molecule has 1 fully saturated rings. The molecule has 4 atom stereocenters. The topological polar surface area (TPSA) is 52.6 Å². The molecule has 5 rings (SSSR count).